The van der Waals surface area contributed by atoms with Gasteiger partial charge in [-0.2, -0.15) is 0 Å². The van der Waals surface area contributed by atoms with Gasteiger partial charge < -0.3 is 33.2 Å². The molecular weight excluding hydrogens is 280 g/mol. The van der Waals surface area contributed by atoms with Gasteiger partial charge in [-0.25, -0.2) is 0 Å². The van der Waals surface area contributed by atoms with Crippen LogP contribution >= 0.6 is 0 Å². The Kier molecular flexibility index (Phi) is 9.20. The lowest BCUT2D eigenvalue weighted by molar-refractivity contribution is -0.0786. The van der Waals surface area contributed by atoms with Crippen LogP contribution in [-0.4, -0.2) is 91.5 Å². The van der Waals surface area contributed by atoms with Gasteiger partial charge in [-0.05, 0) is 0 Å². The first kappa shape index (κ1) is 17.1. The smallest absolute Gasteiger partial charge is 0.104 e. The van der Waals surface area contributed by atoms with Crippen LogP contribution in [0.25, 0.3) is 0 Å². The highest BCUT2D eigenvalue weighted by atomic mass is 16.6. The van der Waals surface area contributed by atoms with Crippen LogP contribution in [-0.2, 0) is 33.2 Å². The SMILES string of the molecule is C1COCCOCC(COCC2CO2)OCCOCCO1. The third kappa shape index (κ3) is 9.36. The van der Waals surface area contributed by atoms with E-state index in [-0.39, 0.29) is 12.2 Å². The maximum Gasteiger partial charge on any atom is 0.104 e. The lowest BCUT2D eigenvalue weighted by atomic mass is 10.4. The molecule has 2 unspecified atom stereocenters. The van der Waals surface area contributed by atoms with E-state index in [9.17, 15) is 0 Å². The Morgan fingerprint density at radius 3 is 1.62 bits per heavy atom. The van der Waals surface area contributed by atoms with Gasteiger partial charge >= 0.3 is 0 Å². The minimum atomic E-state index is -0.0891. The van der Waals surface area contributed by atoms with Gasteiger partial charge in [0.15, 0.2) is 0 Å². The van der Waals surface area contributed by atoms with Crippen molar-refractivity contribution in [1.82, 2.24) is 0 Å². The van der Waals surface area contributed by atoms with Crippen molar-refractivity contribution in [3.05, 3.63) is 0 Å². The summed E-state index contributed by atoms with van der Waals surface area (Å²) >= 11 is 0. The summed E-state index contributed by atoms with van der Waals surface area (Å²) < 4.78 is 38.1. The summed E-state index contributed by atoms with van der Waals surface area (Å²) in [6.45, 7) is 6.89. The molecule has 0 aromatic carbocycles. The molecular formula is C14H26O7. The third-order valence-electron chi connectivity index (χ3n) is 3.01. The molecule has 0 saturated carbocycles. The third-order valence-corrected chi connectivity index (χ3v) is 3.01. The van der Waals surface area contributed by atoms with Gasteiger partial charge in [0.05, 0.1) is 79.3 Å². The van der Waals surface area contributed by atoms with E-state index in [1.165, 1.54) is 0 Å². The Morgan fingerprint density at radius 2 is 1.05 bits per heavy atom. The number of hydrogen-bond acceptors (Lipinski definition) is 7. The second-order valence-corrected chi connectivity index (χ2v) is 4.90. The molecule has 0 N–H and O–H groups in total. The highest BCUT2D eigenvalue weighted by Gasteiger charge is 2.23. The molecule has 2 fully saturated rings. The lowest BCUT2D eigenvalue weighted by Crippen LogP contribution is -2.28. The summed E-state index contributed by atoms with van der Waals surface area (Å²) in [5.41, 5.74) is 0. The minimum Gasteiger partial charge on any atom is -0.377 e. The molecule has 0 aliphatic carbocycles. The normalized spacial score (nSPS) is 30.3. The first-order valence-corrected chi connectivity index (χ1v) is 7.57. The summed E-state index contributed by atoms with van der Waals surface area (Å²) in [5.74, 6) is 0. The molecule has 2 atom stereocenters. The van der Waals surface area contributed by atoms with Crippen molar-refractivity contribution in [2.45, 2.75) is 12.2 Å². The lowest BCUT2D eigenvalue weighted by Gasteiger charge is -2.18. The van der Waals surface area contributed by atoms with Crippen molar-refractivity contribution in [3.63, 3.8) is 0 Å². The first-order valence-electron chi connectivity index (χ1n) is 7.57. The van der Waals surface area contributed by atoms with Crippen LogP contribution in [0.5, 0.6) is 0 Å². The second kappa shape index (κ2) is 11.3. The van der Waals surface area contributed by atoms with Gasteiger partial charge in [-0.1, -0.05) is 0 Å². The van der Waals surface area contributed by atoms with E-state index < -0.39 is 0 Å². The molecule has 124 valence electrons. The quantitative estimate of drug-likeness (QED) is 0.670. The average molecular weight is 306 g/mol. The monoisotopic (exact) mass is 306 g/mol. The predicted molar refractivity (Wildman–Crippen MR) is 73.6 cm³/mol. The van der Waals surface area contributed by atoms with Crippen LogP contribution in [0.1, 0.15) is 0 Å². The Balaban J connectivity index is 1.61. The molecule has 2 aliphatic rings. The summed E-state index contributed by atoms with van der Waals surface area (Å²) in [7, 11) is 0. The van der Waals surface area contributed by atoms with E-state index in [1.807, 2.05) is 0 Å². The predicted octanol–water partition coefficient (Wildman–Crippen LogP) is -0.133. The van der Waals surface area contributed by atoms with E-state index >= 15 is 0 Å². The van der Waals surface area contributed by atoms with Crippen LogP contribution in [0, 0.1) is 0 Å². The topological polar surface area (TPSA) is 67.9 Å². The zero-order chi connectivity index (χ0) is 14.6. The molecule has 2 rings (SSSR count). The molecule has 0 amide bonds. The van der Waals surface area contributed by atoms with E-state index in [1.54, 1.807) is 0 Å². The second-order valence-electron chi connectivity index (χ2n) is 4.90. The summed E-state index contributed by atoms with van der Waals surface area (Å²) in [5, 5.41) is 0. The van der Waals surface area contributed by atoms with Gasteiger partial charge in [-0.15, -0.1) is 0 Å². The fraction of sp³-hybridized carbons (Fsp3) is 1.00. The van der Waals surface area contributed by atoms with Crippen molar-refractivity contribution >= 4 is 0 Å². The molecule has 0 bridgehead atoms. The Bertz CT molecular complexity index is 231. The van der Waals surface area contributed by atoms with Crippen LogP contribution in [0.4, 0.5) is 0 Å². The fourth-order valence-corrected chi connectivity index (χ4v) is 1.79. The Labute approximate surface area is 125 Å². The number of rotatable bonds is 4. The van der Waals surface area contributed by atoms with Crippen molar-refractivity contribution in [2.75, 3.05) is 79.3 Å². The Morgan fingerprint density at radius 1 is 0.571 bits per heavy atom. The molecule has 2 heterocycles. The minimum absolute atomic E-state index is 0.0891. The average Bonchev–Trinajstić information content (AvgIpc) is 3.30. The van der Waals surface area contributed by atoms with Crippen molar-refractivity contribution in [1.29, 1.82) is 0 Å². The summed E-state index contributed by atoms with van der Waals surface area (Å²) in [4.78, 5) is 0. The zero-order valence-corrected chi connectivity index (χ0v) is 12.5. The molecule has 2 saturated heterocycles. The largest absolute Gasteiger partial charge is 0.377 e. The molecule has 0 spiro atoms. The molecule has 0 aromatic rings. The standard InChI is InChI=1S/C14H26O7/c1-2-16-5-6-18-9-13(10-19-11-14-12-21-14)20-8-7-17-4-3-15-1/h13-14H,1-12H2. The fourth-order valence-electron chi connectivity index (χ4n) is 1.79. The molecule has 0 radical (unpaired) electrons. The van der Waals surface area contributed by atoms with Crippen LogP contribution in [0.15, 0.2) is 0 Å². The van der Waals surface area contributed by atoms with Gasteiger partial charge in [-0.3, -0.25) is 0 Å². The van der Waals surface area contributed by atoms with Crippen molar-refractivity contribution in [2.24, 2.45) is 0 Å². The zero-order valence-electron chi connectivity index (χ0n) is 12.5. The van der Waals surface area contributed by atoms with Crippen LogP contribution < -0.4 is 0 Å². The van der Waals surface area contributed by atoms with Gasteiger partial charge in [0.25, 0.3) is 0 Å². The molecule has 7 heteroatoms. The number of ether oxygens (including phenoxy) is 7. The maximum absolute atomic E-state index is 5.72. The number of epoxide rings is 1. The molecule has 21 heavy (non-hydrogen) atoms. The molecule has 2 aliphatic heterocycles. The summed E-state index contributed by atoms with van der Waals surface area (Å²) in [6, 6.07) is 0. The number of hydrogen-bond donors (Lipinski definition) is 0. The van der Waals surface area contributed by atoms with Crippen molar-refractivity contribution < 1.29 is 33.2 Å². The van der Waals surface area contributed by atoms with E-state index in [0.717, 1.165) is 6.61 Å². The Hall–Kier alpha value is -0.280. The molecule has 7 nitrogen and oxygen atoms in total. The van der Waals surface area contributed by atoms with Crippen LogP contribution in [0.2, 0.25) is 0 Å². The van der Waals surface area contributed by atoms with Crippen molar-refractivity contribution in [3.8, 4) is 0 Å². The highest BCUT2D eigenvalue weighted by Crippen LogP contribution is 2.09. The van der Waals surface area contributed by atoms with Gasteiger partial charge in [0.2, 0.25) is 0 Å². The van der Waals surface area contributed by atoms with Crippen LogP contribution in [0.3, 0.4) is 0 Å². The van der Waals surface area contributed by atoms with E-state index in [0.29, 0.717) is 72.7 Å². The van der Waals surface area contributed by atoms with E-state index in [2.05, 4.69) is 0 Å². The first-order chi connectivity index (χ1) is 10.4. The summed E-state index contributed by atoms with van der Waals surface area (Å²) in [6.07, 6.45) is 0.179. The maximum atomic E-state index is 5.72. The van der Waals surface area contributed by atoms with Gasteiger partial charge in [0.1, 0.15) is 12.2 Å². The molecule has 0 aromatic heterocycles. The van der Waals surface area contributed by atoms with Gasteiger partial charge in [0, 0.05) is 0 Å². The highest BCUT2D eigenvalue weighted by molar-refractivity contribution is 4.68. The van der Waals surface area contributed by atoms with E-state index in [4.69, 9.17) is 33.2 Å².